The van der Waals surface area contributed by atoms with E-state index < -0.39 is 0 Å². The first-order valence-corrected chi connectivity index (χ1v) is 10.9. The Morgan fingerprint density at radius 2 is 1.11 bits per heavy atom. The maximum Gasteiger partial charge on any atom is 0.217 e. The van der Waals surface area contributed by atoms with Crippen LogP contribution in [0.15, 0.2) is 0 Å². The zero-order chi connectivity index (χ0) is 13.6. The molecule has 0 aliphatic heterocycles. The van der Waals surface area contributed by atoms with Gasteiger partial charge in [-0.25, -0.2) is 0 Å². The Morgan fingerprint density at radius 3 is 1.44 bits per heavy atom. The number of carbonyl (C=O) groups is 2. The van der Waals surface area contributed by atoms with E-state index in [1.165, 1.54) is 0 Å². The molecule has 4 nitrogen and oxygen atoms in total. The van der Waals surface area contributed by atoms with Crippen LogP contribution in [0.2, 0.25) is 0 Å². The fourth-order valence-corrected chi connectivity index (χ4v) is 7.29. The lowest BCUT2D eigenvalue weighted by Gasteiger charge is -2.00. The molecule has 0 spiro atoms. The SMILES string of the molecule is NC(=O)CCCCSSSSCCCCC(N)=O. The third-order valence-electron chi connectivity index (χ3n) is 1.93. The second kappa shape index (κ2) is 13.8. The second-order valence-electron chi connectivity index (χ2n) is 3.63. The van der Waals surface area contributed by atoms with Crippen LogP contribution >= 0.6 is 41.2 Å². The molecule has 2 amide bonds. The minimum Gasteiger partial charge on any atom is -0.370 e. The van der Waals surface area contributed by atoms with Gasteiger partial charge in [0.25, 0.3) is 0 Å². The van der Waals surface area contributed by atoms with Gasteiger partial charge in [-0.2, -0.15) is 0 Å². The summed E-state index contributed by atoms with van der Waals surface area (Å²) in [6, 6.07) is 0. The highest BCUT2D eigenvalue weighted by molar-refractivity contribution is 9.26. The van der Waals surface area contributed by atoms with Gasteiger partial charge < -0.3 is 11.5 Å². The van der Waals surface area contributed by atoms with Crippen molar-refractivity contribution in [3.05, 3.63) is 0 Å². The van der Waals surface area contributed by atoms with E-state index in [4.69, 9.17) is 11.5 Å². The Bertz CT molecular complexity index is 218. The molecule has 0 aromatic heterocycles. The molecule has 0 heterocycles. The third-order valence-corrected chi connectivity index (χ3v) is 8.56. The molecule has 0 aromatic rings. The van der Waals surface area contributed by atoms with Gasteiger partial charge in [-0.05, 0) is 45.3 Å². The van der Waals surface area contributed by atoms with Gasteiger partial charge in [-0.1, -0.05) is 21.6 Å². The molecular weight excluding hydrogens is 308 g/mol. The molecule has 0 aliphatic rings. The molecule has 8 heteroatoms. The van der Waals surface area contributed by atoms with Crippen LogP contribution in [0.25, 0.3) is 0 Å². The first-order valence-electron chi connectivity index (χ1n) is 5.77. The van der Waals surface area contributed by atoms with Gasteiger partial charge >= 0.3 is 0 Å². The Morgan fingerprint density at radius 1 is 0.722 bits per heavy atom. The average molecular weight is 329 g/mol. The van der Waals surface area contributed by atoms with Crippen molar-refractivity contribution in [2.75, 3.05) is 11.5 Å². The molecule has 0 rings (SSSR count). The van der Waals surface area contributed by atoms with Crippen molar-refractivity contribution in [3.8, 4) is 0 Å². The molecule has 0 radical (unpaired) electrons. The number of unbranched alkanes of at least 4 members (excludes halogenated alkanes) is 2. The topological polar surface area (TPSA) is 86.2 Å². The Hall–Kier alpha value is 0.340. The van der Waals surface area contributed by atoms with Crippen LogP contribution in [-0.4, -0.2) is 23.3 Å². The Balaban J connectivity index is 2.99. The van der Waals surface area contributed by atoms with Gasteiger partial charge in [0.05, 0.1) is 0 Å². The van der Waals surface area contributed by atoms with Crippen molar-refractivity contribution in [1.29, 1.82) is 0 Å². The summed E-state index contributed by atoms with van der Waals surface area (Å²) in [5, 5.41) is 0. The Labute approximate surface area is 124 Å². The number of carbonyl (C=O) groups excluding carboxylic acids is 2. The second-order valence-corrected chi connectivity index (χ2v) is 9.87. The highest BCUT2D eigenvalue weighted by atomic mass is 33.7. The summed E-state index contributed by atoms with van der Waals surface area (Å²) < 4.78 is 0. The van der Waals surface area contributed by atoms with Crippen molar-refractivity contribution in [2.24, 2.45) is 11.5 Å². The van der Waals surface area contributed by atoms with Crippen molar-refractivity contribution in [3.63, 3.8) is 0 Å². The van der Waals surface area contributed by atoms with E-state index in [2.05, 4.69) is 0 Å². The van der Waals surface area contributed by atoms with Crippen LogP contribution < -0.4 is 11.5 Å². The van der Waals surface area contributed by atoms with Crippen molar-refractivity contribution in [1.82, 2.24) is 0 Å². The molecule has 4 N–H and O–H groups in total. The van der Waals surface area contributed by atoms with Gasteiger partial charge in [0, 0.05) is 24.3 Å². The summed E-state index contributed by atoms with van der Waals surface area (Å²) in [5.74, 6) is 1.67. The number of rotatable bonds is 13. The molecule has 0 saturated carbocycles. The summed E-state index contributed by atoms with van der Waals surface area (Å²) in [5.41, 5.74) is 10.1. The molecule has 0 fully saturated rings. The summed E-state index contributed by atoms with van der Waals surface area (Å²) in [6.07, 6.45) is 4.82. The summed E-state index contributed by atoms with van der Waals surface area (Å²) in [6.45, 7) is 0. The molecule has 0 unspecified atom stereocenters. The van der Waals surface area contributed by atoms with E-state index in [1.54, 1.807) is 41.2 Å². The number of amides is 2. The van der Waals surface area contributed by atoms with Gasteiger partial charge in [0.2, 0.25) is 11.8 Å². The van der Waals surface area contributed by atoms with Crippen LogP contribution in [0.3, 0.4) is 0 Å². The van der Waals surface area contributed by atoms with Crippen molar-refractivity contribution < 1.29 is 9.59 Å². The minimum atomic E-state index is -0.214. The van der Waals surface area contributed by atoms with E-state index in [0.717, 1.165) is 37.2 Å². The van der Waals surface area contributed by atoms with Crippen LogP contribution in [0.5, 0.6) is 0 Å². The van der Waals surface area contributed by atoms with Gasteiger partial charge in [0.1, 0.15) is 0 Å². The van der Waals surface area contributed by atoms with Crippen LogP contribution in [-0.2, 0) is 9.59 Å². The van der Waals surface area contributed by atoms with Crippen molar-refractivity contribution in [2.45, 2.75) is 38.5 Å². The van der Waals surface area contributed by atoms with Crippen LogP contribution in [0, 0.1) is 0 Å². The smallest absolute Gasteiger partial charge is 0.217 e. The lowest BCUT2D eigenvalue weighted by molar-refractivity contribution is -0.118. The van der Waals surface area contributed by atoms with Gasteiger partial charge in [-0.15, -0.1) is 0 Å². The van der Waals surface area contributed by atoms with E-state index >= 15 is 0 Å². The maximum atomic E-state index is 10.5. The van der Waals surface area contributed by atoms with Gasteiger partial charge in [0.15, 0.2) is 0 Å². The van der Waals surface area contributed by atoms with Crippen LogP contribution in [0.4, 0.5) is 0 Å². The molecule has 0 aromatic carbocycles. The van der Waals surface area contributed by atoms with Crippen molar-refractivity contribution >= 4 is 53.1 Å². The summed E-state index contributed by atoms with van der Waals surface area (Å²) in [4.78, 5) is 21.0. The zero-order valence-corrected chi connectivity index (χ0v) is 13.5. The normalized spacial score (nSPS) is 10.4. The van der Waals surface area contributed by atoms with Gasteiger partial charge in [-0.3, -0.25) is 9.59 Å². The molecule has 106 valence electrons. The molecule has 0 bridgehead atoms. The lowest BCUT2D eigenvalue weighted by atomic mass is 10.2. The predicted octanol–water partition coefficient (Wildman–Crippen LogP) is 2.98. The number of hydrogen-bond donors (Lipinski definition) is 2. The Kier molecular flexibility index (Phi) is 14.0. The predicted molar refractivity (Wildman–Crippen MR) is 86.2 cm³/mol. The number of primary amides is 2. The average Bonchev–Trinajstić information content (AvgIpc) is 2.29. The highest BCUT2D eigenvalue weighted by Crippen LogP contribution is 2.43. The van der Waals surface area contributed by atoms with E-state index in [0.29, 0.717) is 12.8 Å². The molecule has 0 aliphatic carbocycles. The number of hydrogen-bond acceptors (Lipinski definition) is 6. The fraction of sp³-hybridized carbons (Fsp3) is 0.800. The molecule has 18 heavy (non-hydrogen) atoms. The van der Waals surface area contributed by atoms with E-state index in [-0.39, 0.29) is 11.8 Å². The molecule has 0 atom stereocenters. The van der Waals surface area contributed by atoms with E-state index in [9.17, 15) is 9.59 Å². The standard InChI is InChI=1S/C10H20N2O2S4/c11-9(13)5-1-3-7-15-17-18-16-8-4-2-6-10(12)14/h1-8H2,(H2,11,13)(H2,12,14). The highest BCUT2D eigenvalue weighted by Gasteiger charge is 1.97. The first kappa shape index (κ1) is 18.3. The first-order chi connectivity index (χ1) is 8.63. The summed E-state index contributed by atoms with van der Waals surface area (Å²) >= 11 is 0. The lowest BCUT2D eigenvalue weighted by Crippen LogP contribution is -2.09. The number of nitrogens with two attached hydrogens (primary N) is 2. The minimum absolute atomic E-state index is 0.214. The fourth-order valence-electron chi connectivity index (χ4n) is 1.03. The maximum absolute atomic E-state index is 10.5. The third kappa shape index (κ3) is 16.3. The van der Waals surface area contributed by atoms with E-state index in [1.807, 2.05) is 0 Å². The largest absolute Gasteiger partial charge is 0.370 e. The molecule has 0 saturated heterocycles. The monoisotopic (exact) mass is 328 g/mol. The molecular formula is C10H20N2O2S4. The quantitative estimate of drug-likeness (QED) is 0.399. The van der Waals surface area contributed by atoms with Crippen LogP contribution in [0.1, 0.15) is 38.5 Å². The summed E-state index contributed by atoms with van der Waals surface area (Å²) in [7, 11) is 7.14. The zero-order valence-electron chi connectivity index (χ0n) is 10.3.